The lowest BCUT2D eigenvalue weighted by Gasteiger charge is -2.37. The van der Waals surface area contributed by atoms with Gasteiger partial charge in [0.05, 0.1) is 23.9 Å². The maximum Gasteiger partial charge on any atom is 0.306 e. The average Bonchev–Trinajstić information content (AvgIpc) is 1.81. The number of carboxylic acid groups (broad SMARTS) is 2. The van der Waals surface area contributed by atoms with Gasteiger partial charge in [-0.05, 0) is 125 Å². The Hall–Kier alpha value is -9.53. The summed E-state index contributed by atoms with van der Waals surface area (Å²) in [5.41, 5.74) is 9.85. The van der Waals surface area contributed by atoms with Gasteiger partial charge in [0, 0.05) is 125 Å². The second kappa shape index (κ2) is 54.1. The predicted octanol–water partition coefficient (Wildman–Crippen LogP) is 15.0. The molecule has 0 radical (unpaired) electrons. The van der Waals surface area contributed by atoms with Gasteiger partial charge in [0.15, 0.2) is 24.1 Å². The van der Waals surface area contributed by atoms with Crippen molar-refractivity contribution >= 4 is 105 Å². The van der Waals surface area contributed by atoms with E-state index in [-0.39, 0.29) is 144 Å². The maximum absolute atomic E-state index is 14.2. The number of amides is 5. The van der Waals surface area contributed by atoms with Crippen LogP contribution in [0.25, 0.3) is 0 Å². The van der Waals surface area contributed by atoms with Crippen LogP contribution in [0.5, 0.6) is 0 Å². The van der Waals surface area contributed by atoms with Crippen LogP contribution in [-0.2, 0) is 76.6 Å². The molecule has 0 saturated carbocycles. The number of hydrogen-bond acceptors (Lipinski definition) is 24. The van der Waals surface area contributed by atoms with Crippen molar-refractivity contribution in [2.24, 2.45) is 59.0 Å². The lowest BCUT2D eigenvalue weighted by Crippen LogP contribution is -2.51. The Morgan fingerprint density at radius 1 is 0.488 bits per heavy atom. The van der Waals surface area contributed by atoms with Crippen LogP contribution in [0.15, 0.2) is 107 Å². The van der Waals surface area contributed by atoms with E-state index >= 15 is 0 Å². The highest BCUT2D eigenvalue weighted by Crippen LogP contribution is 2.36. The van der Waals surface area contributed by atoms with E-state index < -0.39 is 83.9 Å². The number of ketones is 2. The van der Waals surface area contributed by atoms with Crippen LogP contribution in [0.4, 0.5) is 0 Å². The molecule has 700 valence electrons. The molecular formula is C96H141N11O17S3. The molecule has 8 N–H and O–H groups in total. The highest BCUT2D eigenvalue weighted by atomic mass is 32.1. The smallest absolute Gasteiger partial charge is 0.306 e. The number of aromatic nitrogens is 3. The van der Waals surface area contributed by atoms with Gasteiger partial charge in [0.1, 0.15) is 37.9 Å². The van der Waals surface area contributed by atoms with Crippen LogP contribution in [-0.4, -0.2) is 194 Å². The second-order valence-electron chi connectivity index (χ2n) is 35.2. The van der Waals surface area contributed by atoms with Crippen LogP contribution < -0.4 is 27.0 Å². The molecule has 0 aliphatic carbocycles. The van der Waals surface area contributed by atoms with Crippen LogP contribution in [0, 0.1) is 53.3 Å². The number of carbonyl (C=O) groups excluding carboxylic acids is 10. The molecule has 3 aromatic carbocycles. The number of rotatable bonds is 48. The number of likely N-dealkylation sites (tertiary alicyclic amines) is 1. The third-order valence-corrected chi connectivity index (χ3v) is 26.8. The summed E-state index contributed by atoms with van der Waals surface area (Å²) in [4.78, 5) is 171. The topological polar surface area (TPSA) is 396 Å². The molecule has 28 nitrogen and oxygen atoms in total. The van der Waals surface area contributed by atoms with E-state index in [1.54, 1.807) is 60.8 Å². The molecule has 17 atom stereocenters. The van der Waals surface area contributed by atoms with E-state index in [1.165, 1.54) is 54.8 Å². The normalized spacial score (nSPS) is 16.6. The van der Waals surface area contributed by atoms with E-state index in [1.807, 2.05) is 167 Å². The molecule has 0 bridgehead atoms. The molecule has 1 saturated heterocycles. The Kier molecular flexibility index (Phi) is 46.0. The van der Waals surface area contributed by atoms with E-state index in [2.05, 4.69) is 55.0 Å². The number of carbonyl (C=O) groups is 12. The molecule has 1 unspecified atom stereocenters. The number of nitrogens with one attached hydrogen (secondary N) is 4. The summed E-state index contributed by atoms with van der Waals surface area (Å²) in [6.07, 6.45) is 6.22. The minimum absolute atomic E-state index is 0.000452. The van der Waals surface area contributed by atoms with Gasteiger partial charge in [-0.2, -0.15) is 0 Å². The van der Waals surface area contributed by atoms with Crippen molar-refractivity contribution in [3.05, 3.63) is 156 Å². The zero-order valence-corrected chi connectivity index (χ0v) is 80.7. The summed E-state index contributed by atoms with van der Waals surface area (Å²) in [6, 6.07) is 26.6. The number of aliphatic carboxylic acids is 2. The fourth-order valence-corrected chi connectivity index (χ4v) is 18.2. The van der Waals surface area contributed by atoms with Gasteiger partial charge in [0.2, 0.25) is 11.8 Å². The number of piperidine rings is 1. The van der Waals surface area contributed by atoms with Crippen molar-refractivity contribution in [2.45, 2.75) is 281 Å². The summed E-state index contributed by atoms with van der Waals surface area (Å²) < 4.78 is 17.0. The Morgan fingerprint density at radius 2 is 0.835 bits per heavy atom. The number of thiazole rings is 3. The fourth-order valence-electron chi connectivity index (χ4n) is 15.6. The first-order valence-corrected chi connectivity index (χ1v) is 47.2. The van der Waals surface area contributed by atoms with Gasteiger partial charge in [-0.25, -0.2) is 15.0 Å². The molecule has 31 heteroatoms. The molecule has 1 aliphatic rings. The van der Waals surface area contributed by atoms with Gasteiger partial charge in [-0.1, -0.05) is 200 Å². The number of nitrogens with zero attached hydrogens (tertiary/aromatic N) is 6. The van der Waals surface area contributed by atoms with Crippen molar-refractivity contribution in [2.75, 3.05) is 34.7 Å². The number of nitrogens with two attached hydrogens (primary N) is 1. The number of hydrogen-bond donors (Lipinski definition) is 7. The third kappa shape index (κ3) is 35.8. The highest BCUT2D eigenvalue weighted by Gasteiger charge is 2.40. The Bertz CT molecular complexity index is 4470. The Labute approximate surface area is 763 Å². The lowest BCUT2D eigenvalue weighted by atomic mass is 9.83. The van der Waals surface area contributed by atoms with E-state index in [0.29, 0.717) is 59.5 Å². The first kappa shape index (κ1) is 108. The van der Waals surface area contributed by atoms with Crippen molar-refractivity contribution in [1.82, 2.24) is 50.9 Å². The first-order chi connectivity index (χ1) is 60.0. The molecule has 1 fully saturated rings. The van der Waals surface area contributed by atoms with E-state index in [0.717, 1.165) is 55.3 Å². The summed E-state index contributed by atoms with van der Waals surface area (Å²) in [7, 11) is 7.34. The van der Waals surface area contributed by atoms with Gasteiger partial charge >= 0.3 is 29.8 Å². The number of carboxylic acids is 2. The van der Waals surface area contributed by atoms with E-state index in [9.17, 15) is 67.7 Å². The molecule has 127 heavy (non-hydrogen) atoms. The first-order valence-electron chi connectivity index (χ1n) is 44.5. The fraction of sp³-hybridized carbons (Fsp3) is 0.594. The minimum atomic E-state index is -0.934. The van der Waals surface area contributed by atoms with Gasteiger partial charge in [-0.15, -0.1) is 34.0 Å². The molecule has 7 rings (SSSR count). The monoisotopic (exact) mass is 1820 g/mol. The van der Waals surface area contributed by atoms with Gasteiger partial charge in [-0.3, -0.25) is 62.4 Å². The lowest BCUT2D eigenvalue weighted by molar-refractivity contribution is -0.150. The molecule has 1 aliphatic heterocycles. The number of benzene rings is 3. The van der Waals surface area contributed by atoms with Gasteiger partial charge in [0.25, 0.3) is 17.7 Å². The van der Waals surface area contributed by atoms with Crippen molar-refractivity contribution in [3.63, 3.8) is 0 Å². The average molecular weight is 1820 g/mol. The molecular weight excluding hydrogens is 1680 g/mol. The van der Waals surface area contributed by atoms with Crippen LogP contribution in [0.1, 0.15) is 276 Å². The quantitative estimate of drug-likeness (QED) is 0.0138. The highest BCUT2D eigenvalue weighted by molar-refractivity contribution is 7.10. The number of likely N-dealkylation sites (N-methyl/N-ethyl adjacent to an activating group) is 2. The SMILES string of the molecule is CC[C@H](C)[C@H](CC(=O)[C@H]1CCCCN1C)C(=O)N(C)[C@@H](C[C@H](OC(C)=O)c1nc(C(=O)N[C@@H](Cc2ccccc2)C[C@H](C)C(C)=O)cs1)C(C)C.CC[C@H](C)[C@H](N)C(=O)N(C)[C@@H](C[C@H](OC(C)=O)c1nc(C(=O)N[C@@H](Cc2ccccc2)C[C@H](C)C(=O)O)cs1)C(C)C.CNC(C[C@H](OC(C)=O)c1nc(C(=O)N[C@@H](Cc2ccccc2)C[C@H](C)C(=O)O)cs1)C(C)C. The molecule has 0 spiro atoms. The number of ether oxygens (including phenoxy) is 3. The zero-order valence-electron chi connectivity index (χ0n) is 78.3. The summed E-state index contributed by atoms with van der Waals surface area (Å²) in [5.74, 6) is -6.07. The van der Waals surface area contributed by atoms with Crippen LogP contribution >= 0.6 is 34.0 Å². The van der Waals surface area contributed by atoms with E-state index in [4.69, 9.17) is 19.9 Å². The standard InChI is InChI=1S/C40H60N4O6S.C31H46N4O6S.C25H35N3O5S/c1-10-26(4)32(22-36(47)34-18-14-15-19-43(34)8)40(49)44(9)35(25(2)3)23-37(50-29(7)46)39-42-33(24-51-39)38(48)41-31(20-27(5)28(6)45)21-30-16-12-11-13-17-30;1-8-19(4)27(32)30(38)35(7)25(18(2)3)16-26(41-21(6)36)29-34-24(17-42-29)28(37)33-23(14-20(5)31(39)40)15-22-12-10-9-11-13-22;1-15(2)20(26-5)13-22(33-17(4)29)24-28-21(14-34-24)23(30)27-19(11-16(3)25(31)32)12-18-9-7-6-8-10-18/h11-13,16-17,24-27,31-32,34-35,37H,10,14-15,18-23H2,1-9H3,(H,41,48);9-13,17-20,23,25-27H,8,14-16,32H2,1-7H3,(H,33,37)(H,39,40);6-10,14-16,19-20,22,26H,11-13H2,1-5H3,(H,27,30)(H,31,32)/t26-,27-,31+,32-,34+,35-,37-;19-,20-,23+,25-,26-,27-;16-,19+,20?,22-/m000/s1. The van der Waals surface area contributed by atoms with Gasteiger partial charge < -0.3 is 61.2 Å². The third-order valence-electron chi connectivity index (χ3n) is 24.0. The molecule has 3 aromatic heterocycles. The second-order valence-corrected chi connectivity index (χ2v) is 37.9. The largest absolute Gasteiger partial charge is 0.481 e. The predicted molar refractivity (Wildman–Crippen MR) is 496 cm³/mol. The Balaban J connectivity index is 0.000000345. The Morgan fingerprint density at radius 3 is 1.14 bits per heavy atom. The molecule has 6 aromatic rings. The molecule has 5 amide bonds. The van der Waals surface area contributed by atoms with Crippen molar-refractivity contribution < 1.29 is 82.0 Å². The van der Waals surface area contributed by atoms with Crippen molar-refractivity contribution in [3.8, 4) is 0 Å². The number of esters is 3. The zero-order chi connectivity index (χ0) is 94.6. The summed E-state index contributed by atoms with van der Waals surface area (Å²) in [5, 5.41) is 37.4. The van der Waals surface area contributed by atoms with Crippen LogP contribution in [0.2, 0.25) is 0 Å². The summed E-state index contributed by atoms with van der Waals surface area (Å²) in [6.45, 7) is 31.7. The number of Topliss-reactive ketones (excluding diaryl/α,β-unsaturated/α-hetero) is 2. The molecule has 4 heterocycles. The minimum Gasteiger partial charge on any atom is -0.481 e. The van der Waals surface area contributed by atoms with Crippen LogP contribution in [0.3, 0.4) is 0 Å². The van der Waals surface area contributed by atoms with Crippen molar-refractivity contribution in [1.29, 1.82) is 0 Å². The maximum atomic E-state index is 14.2. The summed E-state index contributed by atoms with van der Waals surface area (Å²) >= 11 is 3.70.